The summed E-state index contributed by atoms with van der Waals surface area (Å²) in [6.07, 6.45) is 0.555. The maximum absolute atomic E-state index is 13.1. The first-order chi connectivity index (χ1) is 15.0. The van der Waals surface area contributed by atoms with Crippen LogP contribution in [0.15, 0.2) is 63.8 Å². The number of para-hydroxylation sites is 2. The van der Waals surface area contributed by atoms with Gasteiger partial charge in [0.05, 0.1) is 11.5 Å². The monoisotopic (exact) mass is 416 g/mol. The summed E-state index contributed by atoms with van der Waals surface area (Å²) >= 11 is 0. The number of hydrogen-bond acceptors (Lipinski definition) is 5. The van der Waals surface area contributed by atoms with Crippen LogP contribution >= 0.6 is 0 Å². The molecule has 1 aliphatic heterocycles. The van der Waals surface area contributed by atoms with Crippen molar-refractivity contribution in [1.29, 1.82) is 0 Å². The first kappa shape index (κ1) is 19.0. The fourth-order valence-electron chi connectivity index (χ4n) is 4.09. The summed E-state index contributed by atoms with van der Waals surface area (Å²) in [4.78, 5) is 44.3. The fourth-order valence-corrected chi connectivity index (χ4v) is 4.09. The highest BCUT2D eigenvalue weighted by molar-refractivity contribution is 6.06. The number of amides is 2. The standard InChI is InChI=1S/C23H20N4O4/c1-14-20(22(30)27(25-14)23-24-17-9-5-6-10-18(17)31-23)16-13-19(28)26(21(16)29)12-11-15-7-3-2-4-8-15/h2-10,16,25H,11-13H2,1H3/t16-/m1/s1. The maximum atomic E-state index is 13.1. The zero-order valence-electron chi connectivity index (χ0n) is 16.9. The van der Waals surface area contributed by atoms with Crippen molar-refractivity contribution in [2.75, 3.05) is 6.54 Å². The second-order valence-corrected chi connectivity index (χ2v) is 7.63. The van der Waals surface area contributed by atoms with Crippen molar-refractivity contribution in [3.8, 4) is 6.01 Å². The molecule has 0 radical (unpaired) electrons. The minimum absolute atomic E-state index is 0.0187. The minimum Gasteiger partial charge on any atom is -0.422 e. The van der Waals surface area contributed by atoms with Crippen molar-refractivity contribution in [2.45, 2.75) is 25.7 Å². The van der Waals surface area contributed by atoms with Crippen LogP contribution in [0.1, 0.15) is 29.2 Å². The number of hydrogen-bond donors (Lipinski definition) is 1. The molecule has 0 unspecified atom stereocenters. The van der Waals surface area contributed by atoms with Gasteiger partial charge < -0.3 is 4.42 Å². The number of fused-ring (bicyclic) bond motifs is 1. The number of imide groups is 1. The molecule has 0 saturated carbocycles. The van der Waals surface area contributed by atoms with Crippen LogP contribution in [0.4, 0.5) is 0 Å². The number of benzene rings is 2. The van der Waals surface area contributed by atoms with E-state index in [9.17, 15) is 14.4 Å². The van der Waals surface area contributed by atoms with Crippen molar-refractivity contribution < 1.29 is 14.0 Å². The third-order valence-electron chi connectivity index (χ3n) is 5.65. The highest BCUT2D eigenvalue weighted by atomic mass is 16.4. The number of likely N-dealkylation sites (tertiary alicyclic amines) is 1. The Labute approximate surface area is 177 Å². The molecule has 31 heavy (non-hydrogen) atoms. The van der Waals surface area contributed by atoms with E-state index in [1.165, 1.54) is 9.58 Å². The van der Waals surface area contributed by atoms with Crippen molar-refractivity contribution in [3.63, 3.8) is 0 Å². The number of nitrogens with one attached hydrogen (secondary N) is 1. The Kier molecular flexibility index (Phi) is 4.54. The first-order valence-electron chi connectivity index (χ1n) is 10.1. The number of rotatable bonds is 5. The smallest absolute Gasteiger partial charge is 0.325 e. The van der Waals surface area contributed by atoms with E-state index in [2.05, 4.69) is 10.1 Å². The number of aromatic amines is 1. The van der Waals surface area contributed by atoms with Gasteiger partial charge in [-0.1, -0.05) is 42.5 Å². The molecular weight excluding hydrogens is 396 g/mol. The lowest BCUT2D eigenvalue weighted by atomic mass is 9.98. The van der Waals surface area contributed by atoms with Gasteiger partial charge in [0.1, 0.15) is 5.52 Å². The molecule has 2 aromatic heterocycles. The van der Waals surface area contributed by atoms with Gasteiger partial charge in [0.2, 0.25) is 11.8 Å². The van der Waals surface area contributed by atoms with Crippen molar-refractivity contribution >= 4 is 22.9 Å². The van der Waals surface area contributed by atoms with Crippen LogP contribution in [0, 0.1) is 6.92 Å². The van der Waals surface area contributed by atoms with Gasteiger partial charge in [-0.25, -0.2) is 0 Å². The third-order valence-corrected chi connectivity index (χ3v) is 5.65. The molecule has 0 spiro atoms. The predicted molar refractivity (Wildman–Crippen MR) is 113 cm³/mol. The average molecular weight is 416 g/mol. The highest BCUT2D eigenvalue weighted by Crippen LogP contribution is 2.30. The van der Waals surface area contributed by atoms with E-state index in [-0.39, 0.29) is 29.8 Å². The summed E-state index contributed by atoms with van der Waals surface area (Å²) in [5.74, 6) is -1.41. The molecule has 156 valence electrons. The summed E-state index contributed by atoms with van der Waals surface area (Å²) in [6, 6.07) is 17.0. The number of oxazole rings is 1. The number of H-pyrrole nitrogens is 1. The lowest BCUT2D eigenvalue weighted by molar-refractivity contribution is -0.138. The molecule has 4 aromatic rings. The molecule has 5 rings (SSSR count). The summed E-state index contributed by atoms with van der Waals surface area (Å²) < 4.78 is 6.87. The van der Waals surface area contributed by atoms with Gasteiger partial charge in [0.25, 0.3) is 5.56 Å². The third kappa shape index (κ3) is 3.26. The molecule has 1 saturated heterocycles. The van der Waals surface area contributed by atoms with Crippen LogP contribution in [-0.4, -0.2) is 38.0 Å². The maximum Gasteiger partial charge on any atom is 0.325 e. The number of aromatic nitrogens is 3. The van der Waals surface area contributed by atoms with E-state index in [1.807, 2.05) is 42.5 Å². The van der Waals surface area contributed by atoms with Gasteiger partial charge in [-0.05, 0) is 31.0 Å². The molecule has 1 fully saturated rings. The SMILES string of the molecule is Cc1[nH]n(-c2nc3ccccc3o2)c(=O)c1[C@H]1CC(=O)N(CCc2ccccc2)C1=O. The van der Waals surface area contributed by atoms with E-state index in [1.54, 1.807) is 19.1 Å². The van der Waals surface area contributed by atoms with Gasteiger partial charge in [-0.2, -0.15) is 9.67 Å². The lowest BCUT2D eigenvalue weighted by Gasteiger charge is -2.14. The average Bonchev–Trinajstić information content (AvgIpc) is 3.41. The second-order valence-electron chi connectivity index (χ2n) is 7.63. The highest BCUT2D eigenvalue weighted by Gasteiger charge is 2.42. The van der Waals surface area contributed by atoms with E-state index in [4.69, 9.17) is 4.42 Å². The molecule has 1 aliphatic rings. The Bertz CT molecular complexity index is 1320. The second kappa shape index (κ2) is 7.39. The summed E-state index contributed by atoms with van der Waals surface area (Å²) in [5.41, 5.74) is 2.59. The van der Waals surface area contributed by atoms with Crippen LogP contribution in [-0.2, 0) is 16.0 Å². The van der Waals surface area contributed by atoms with E-state index < -0.39 is 11.5 Å². The zero-order chi connectivity index (χ0) is 21.5. The van der Waals surface area contributed by atoms with Crippen LogP contribution in [0.5, 0.6) is 0 Å². The summed E-state index contributed by atoms with van der Waals surface area (Å²) in [5, 5.41) is 2.94. The largest absolute Gasteiger partial charge is 0.422 e. The van der Waals surface area contributed by atoms with Crippen molar-refractivity contribution in [2.24, 2.45) is 0 Å². The van der Waals surface area contributed by atoms with Gasteiger partial charge >= 0.3 is 6.01 Å². The zero-order valence-corrected chi connectivity index (χ0v) is 16.9. The van der Waals surface area contributed by atoms with E-state index in [0.29, 0.717) is 29.8 Å². The predicted octanol–water partition coefficient (Wildman–Crippen LogP) is 2.70. The first-order valence-corrected chi connectivity index (χ1v) is 10.1. The van der Waals surface area contributed by atoms with Crippen molar-refractivity contribution in [3.05, 3.63) is 81.8 Å². The molecule has 0 aliphatic carbocycles. The van der Waals surface area contributed by atoms with Crippen LogP contribution in [0.3, 0.4) is 0 Å². The summed E-state index contributed by atoms with van der Waals surface area (Å²) in [7, 11) is 0. The molecule has 0 bridgehead atoms. The van der Waals surface area contributed by atoms with Gasteiger partial charge in [-0.3, -0.25) is 24.4 Å². The van der Waals surface area contributed by atoms with Gasteiger partial charge in [-0.15, -0.1) is 0 Å². The topological polar surface area (TPSA) is 101 Å². The fraction of sp³-hybridized carbons (Fsp3) is 0.217. The Morgan fingerprint density at radius 2 is 1.81 bits per heavy atom. The Hall–Kier alpha value is -3.94. The molecule has 8 heteroatoms. The molecule has 8 nitrogen and oxygen atoms in total. The number of aryl methyl sites for hydroxylation is 1. The molecule has 1 atom stereocenters. The number of carbonyl (C=O) groups is 2. The van der Waals surface area contributed by atoms with Crippen LogP contribution < -0.4 is 5.56 Å². The Morgan fingerprint density at radius 1 is 1.06 bits per heavy atom. The van der Waals surface area contributed by atoms with E-state index >= 15 is 0 Å². The number of nitrogens with zero attached hydrogens (tertiary/aromatic N) is 3. The molecule has 1 N–H and O–H groups in total. The Balaban J connectivity index is 1.43. The van der Waals surface area contributed by atoms with Crippen LogP contribution in [0.2, 0.25) is 0 Å². The van der Waals surface area contributed by atoms with Crippen LogP contribution in [0.25, 0.3) is 17.1 Å². The lowest BCUT2D eigenvalue weighted by Crippen LogP contribution is -2.33. The normalized spacial score (nSPS) is 16.5. The Morgan fingerprint density at radius 3 is 2.58 bits per heavy atom. The molecule has 3 heterocycles. The van der Waals surface area contributed by atoms with Crippen molar-refractivity contribution in [1.82, 2.24) is 19.7 Å². The molecule has 2 amide bonds. The summed E-state index contributed by atoms with van der Waals surface area (Å²) in [6.45, 7) is 2.00. The quantitative estimate of drug-likeness (QED) is 0.504. The number of carbonyl (C=O) groups excluding carboxylic acids is 2. The van der Waals surface area contributed by atoms with E-state index in [0.717, 1.165) is 5.56 Å². The van der Waals surface area contributed by atoms with Gasteiger partial charge in [0.15, 0.2) is 5.58 Å². The minimum atomic E-state index is -0.808. The van der Waals surface area contributed by atoms with Gasteiger partial charge in [0, 0.05) is 18.7 Å². The molecule has 2 aromatic carbocycles. The molecular formula is C23H20N4O4.